The molecule has 19 heavy (non-hydrogen) atoms. The summed E-state index contributed by atoms with van der Waals surface area (Å²) in [7, 11) is -3.33. The van der Waals surface area contributed by atoms with Crippen LogP contribution in [0.5, 0.6) is 0 Å². The molecular weight excluding hydrogens is 288 g/mol. The Morgan fingerprint density at radius 2 is 2.11 bits per heavy atom. The number of halogens is 1. The first-order valence-electron chi connectivity index (χ1n) is 5.75. The molecule has 1 atom stereocenters. The van der Waals surface area contributed by atoms with E-state index in [4.69, 9.17) is 17.3 Å². The second-order valence-corrected chi connectivity index (χ2v) is 6.90. The van der Waals surface area contributed by atoms with Gasteiger partial charge in [-0.2, -0.15) is 0 Å². The molecule has 0 aliphatic rings. The molecule has 0 spiro atoms. The zero-order valence-electron chi connectivity index (χ0n) is 10.8. The maximum Gasteiger partial charge on any atom is 0.224 e. The molecule has 0 aliphatic heterocycles. The maximum atomic E-state index is 11.7. The standard InChI is InChI=1S/C12H17ClN2O3S/c1-8(14)3-6-12(16)15-11-7-9(19(2,17)18)4-5-10(11)13/h4-5,7-8H,3,6,14H2,1-2H3,(H,15,16). The number of hydrogen-bond donors (Lipinski definition) is 2. The predicted octanol–water partition coefficient (Wildman–Crippen LogP) is 1.81. The number of amides is 1. The number of anilines is 1. The van der Waals surface area contributed by atoms with Crippen molar-refractivity contribution in [2.75, 3.05) is 11.6 Å². The summed E-state index contributed by atoms with van der Waals surface area (Å²) in [6.07, 6.45) is 1.91. The average Bonchev–Trinajstić information content (AvgIpc) is 2.28. The van der Waals surface area contributed by atoms with Crippen LogP contribution in [0.2, 0.25) is 5.02 Å². The largest absolute Gasteiger partial charge is 0.328 e. The number of sulfone groups is 1. The van der Waals surface area contributed by atoms with E-state index in [-0.39, 0.29) is 23.3 Å². The van der Waals surface area contributed by atoms with Crippen LogP contribution < -0.4 is 11.1 Å². The first-order chi connectivity index (χ1) is 8.70. The highest BCUT2D eigenvalue weighted by Gasteiger charge is 2.12. The van der Waals surface area contributed by atoms with Gasteiger partial charge in [-0.25, -0.2) is 8.42 Å². The molecule has 0 radical (unpaired) electrons. The van der Waals surface area contributed by atoms with Crippen LogP contribution in [0.1, 0.15) is 19.8 Å². The third-order valence-electron chi connectivity index (χ3n) is 2.47. The Labute approximate surface area is 118 Å². The van der Waals surface area contributed by atoms with E-state index in [2.05, 4.69) is 5.32 Å². The molecule has 1 aromatic rings. The minimum atomic E-state index is -3.33. The van der Waals surface area contributed by atoms with Gasteiger partial charge in [-0.1, -0.05) is 11.6 Å². The van der Waals surface area contributed by atoms with Gasteiger partial charge >= 0.3 is 0 Å². The number of hydrogen-bond acceptors (Lipinski definition) is 4. The molecule has 106 valence electrons. The number of benzene rings is 1. The van der Waals surface area contributed by atoms with Crippen LogP contribution in [0.3, 0.4) is 0 Å². The summed E-state index contributed by atoms with van der Waals surface area (Å²) in [5.41, 5.74) is 5.85. The van der Waals surface area contributed by atoms with Crippen molar-refractivity contribution in [2.45, 2.75) is 30.7 Å². The van der Waals surface area contributed by atoms with E-state index < -0.39 is 9.84 Å². The lowest BCUT2D eigenvalue weighted by Gasteiger charge is -2.09. The van der Waals surface area contributed by atoms with Crippen molar-refractivity contribution in [3.63, 3.8) is 0 Å². The summed E-state index contributed by atoms with van der Waals surface area (Å²) in [6.45, 7) is 1.81. The van der Waals surface area contributed by atoms with Gasteiger partial charge in [0.15, 0.2) is 9.84 Å². The molecule has 1 amide bonds. The zero-order chi connectivity index (χ0) is 14.6. The van der Waals surface area contributed by atoms with Crippen molar-refractivity contribution in [1.29, 1.82) is 0 Å². The Balaban J connectivity index is 2.86. The molecule has 7 heteroatoms. The lowest BCUT2D eigenvalue weighted by molar-refractivity contribution is -0.116. The quantitative estimate of drug-likeness (QED) is 0.868. The van der Waals surface area contributed by atoms with Gasteiger partial charge in [0.25, 0.3) is 0 Å². The molecule has 0 saturated heterocycles. The van der Waals surface area contributed by atoms with Gasteiger partial charge in [0.2, 0.25) is 5.91 Å². The van der Waals surface area contributed by atoms with E-state index in [1.54, 1.807) is 0 Å². The highest BCUT2D eigenvalue weighted by Crippen LogP contribution is 2.25. The molecule has 0 fully saturated rings. The van der Waals surface area contributed by atoms with Gasteiger partial charge in [-0.3, -0.25) is 4.79 Å². The summed E-state index contributed by atoms with van der Waals surface area (Å²) in [5.74, 6) is -0.246. The summed E-state index contributed by atoms with van der Waals surface area (Å²) in [5, 5.41) is 2.88. The lowest BCUT2D eigenvalue weighted by atomic mass is 10.2. The molecule has 3 N–H and O–H groups in total. The van der Waals surface area contributed by atoms with Crippen LogP contribution in [-0.4, -0.2) is 26.6 Å². The van der Waals surface area contributed by atoms with Crippen LogP contribution in [0.25, 0.3) is 0 Å². The van der Waals surface area contributed by atoms with Crippen molar-refractivity contribution < 1.29 is 13.2 Å². The summed E-state index contributed by atoms with van der Waals surface area (Å²) in [6, 6.07) is 4.12. The van der Waals surface area contributed by atoms with Crippen molar-refractivity contribution >= 4 is 33.0 Å². The van der Waals surface area contributed by atoms with Crippen LogP contribution in [0.4, 0.5) is 5.69 Å². The third-order valence-corrected chi connectivity index (χ3v) is 3.91. The van der Waals surface area contributed by atoms with E-state index in [0.29, 0.717) is 17.1 Å². The molecule has 1 unspecified atom stereocenters. The fourth-order valence-electron chi connectivity index (χ4n) is 1.40. The highest BCUT2D eigenvalue weighted by atomic mass is 35.5. The first kappa shape index (κ1) is 15.9. The number of carbonyl (C=O) groups excluding carboxylic acids is 1. The summed E-state index contributed by atoms with van der Waals surface area (Å²) >= 11 is 5.92. The molecule has 0 heterocycles. The summed E-state index contributed by atoms with van der Waals surface area (Å²) in [4.78, 5) is 11.8. The molecule has 0 bridgehead atoms. The normalized spacial score (nSPS) is 13.1. The highest BCUT2D eigenvalue weighted by molar-refractivity contribution is 7.90. The second-order valence-electron chi connectivity index (χ2n) is 4.48. The van der Waals surface area contributed by atoms with Crippen LogP contribution >= 0.6 is 11.6 Å². The molecule has 5 nitrogen and oxygen atoms in total. The monoisotopic (exact) mass is 304 g/mol. The topological polar surface area (TPSA) is 89.3 Å². The van der Waals surface area contributed by atoms with E-state index in [1.807, 2.05) is 6.92 Å². The van der Waals surface area contributed by atoms with Gasteiger partial charge in [0.1, 0.15) is 0 Å². The number of nitrogens with one attached hydrogen (secondary N) is 1. The fraction of sp³-hybridized carbons (Fsp3) is 0.417. The van der Waals surface area contributed by atoms with Crippen molar-refractivity contribution in [3.8, 4) is 0 Å². The van der Waals surface area contributed by atoms with Crippen molar-refractivity contribution in [3.05, 3.63) is 23.2 Å². The predicted molar refractivity (Wildman–Crippen MR) is 76.1 cm³/mol. The Hall–Kier alpha value is -1.11. The number of nitrogens with two attached hydrogens (primary N) is 1. The number of carbonyl (C=O) groups is 1. The van der Waals surface area contributed by atoms with E-state index in [0.717, 1.165) is 6.26 Å². The average molecular weight is 305 g/mol. The van der Waals surface area contributed by atoms with E-state index in [1.165, 1.54) is 18.2 Å². The summed E-state index contributed by atoms with van der Waals surface area (Å²) < 4.78 is 22.8. The Kier molecular flexibility index (Phi) is 5.34. The van der Waals surface area contributed by atoms with Crippen LogP contribution in [-0.2, 0) is 14.6 Å². The minimum absolute atomic E-state index is 0.0661. The Morgan fingerprint density at radius 1 is 1.47 bits per heavy atom. The molecule has 1 aromatic carbocycles. The van der Waals surface area contributed by atoms with Gasteiger partial charge in [0.05, 0.1) is 15.6 Å². The third kappa shape index (κ3) is 5.18. The lowest BCUT2D eigenvalue weighted by Crippen LogP contribution is -2.19. The zero-order valence-corrected chi connectivity index (χ0v) is 12.4. The SMILES string of the molecule is CC(N)CCC(=O)Nc1cc(S(C)(=O)=O)ccc1Cl. The van der Waals surface area contributed by atoms with Gasteiger partial charge in [-0.15, -0.1) is 0 Å². The number of rotatable bonds is 5. The molecule has 0 saturated carbocycles. The molecule has 1 rings (SSSR count). The van der Waals surface area contributed by atoms with Gasteiger partial charge < -0.3 is 11.1 Å². The first-order valence-corrected chi connectivity index (χ1v) is 8.02. The van der Waals surface area contributed by atoms with E-state index >= 15 is 0 Å². The van der Waals surface area contributed by atoms with Crippen molar-refractivity contribution in [1.82, 2.24) is 0 Å². The smallest absolute Gasteiger partial charge is 0.224 e. The second kappa shape index (κ2) is 6.36. The van der Waals surface area contributed by atoms with Crippen molar-refractivity contribution in [2.24, 2.45) is 5.73 Å². The Morgan fingerprint density at radius 3 is 2.63 bits per heavy atom. The van der Waals surface area contributed by atoms with Gasteiger partial charge in [0, 0.05) is 18.7 Å². The molecule has 0 aliphatic carbocycles. The Bertz CT molecular complexity index is 570. The molecule has 0 aromatic heterocycles. The van der Waals surface area contributed by atoms with E-state index in [9.17, 15) is 13.2 Å². The van der Waals surface area contributed by atoms with Crippen LogP contribution in [0.15, 0.2) is 23.1 Å². The maximum absolute atomic E-state index is 11.7. The minimum Gasteiger partial charge on any atom is -0.328 e. The fourth-order valence-corrected chi connectivity index (χ4v) is 2.21. The van der Waals surface area contributed by atoms with Gasteiger partial charge in [-0.05, 0) is 31.5 Å². The van der Waals surface area contributed by atoms with Crippen LogP contribution in [0, 0.1) is 0 Å². The molecular formula is C12H17ClN2O3S.